The lowest BCUT2D eigenvalue weighted by molar-refractivity contribution is 0.552. The van der Waals surface area contributed by atoms with Crippen LogP contribution in [0.2, 0.25) is 0 Å². The van der Waals surface area contributed by atoms with Crippen LogP contribution in [0.3, 0.4) is 0 Å². The second-order valence-electron chi connectivity index (χ2n) is 5.91. The third-order valence-corrected chi connectivity index (χ3v) is 3.30. The summed E-state index contributed by atoms with van der Waals surface area (Å²) < 4.78 is 0. The van der Waals surface area contributed by atoms with Crippen LogP contribution in [0, 0.1) is 5.92 Å². The average molecular weight is 263 g/mol. The molecule has 0 unspecified atom stereocenters. The van der Waals surface area contributed by atoms with Crippen molar-refractivity contribution in [2.24, 2.45) is 5.92 Å². The molecule has 1 aromatic rings. The van der Waals surface area contributed by atoms with Gasteiger partial charge in [0.15, 0.2) is 0 Å². The number of rotatable bonds is 7. The van der Waals surface area contributed by atoms with E-state index in [1.807, 2.05) is 0 Å². The second kappa shape index (κ2) is 7.49. The van der Waals surface area contributed by atoms with Gasteiger partial charge in [0.1, 0.15) is 5.82 Å². The summed E-state index contributed by atoms with van der Waals surface area (Å²) in [4.78, 5) is 6.94. The summed E-state index contributed by atoms with van der Waals surface area (Å²) >= 11 is 0. The van der Waals surface area contributed by atoms with Gasteiger partial charge >= 0.3 is 0 Å². The number of pyridine rings is 1. The second-order valence-corrected chi connectivity index (χ2v) is 5.91. The Morgan fingerprint density at radius 3 is 2.42 bits per heavy atom. The van der Waals surface area contributed by atoms with E-state index in [9.17, 15) is 0 Å². The highest BCUT2D eigenvalue weighted by molar-refractivity contribution is 5.42. The molecule has 19 heavy (non-hydrogen) atoms. The van der Waals surface area contributed by atoms with Crippen molar-refractivity contribution in [2.75, 3.05) is 18.5 Å². The summed E-state index contributed by atoms with van der Waals surface area (Å²) in [7, 11) is 2.11. The van der Waals surface area contributed by atoms with Crippen LogP contribution >= 0.6 is 0 Å². The topological polar surface area (TPSA) is 28.2 Å². The predicted octanol–water partition coefficient (Wildman–Crippen LogP) is 3.23. The molecular formula is C16H29N3. The third kappa shape index (κ3) is 5.19. The highest BCUT2D eigenvalue weighted by Crippen LogP contribution is 2.16. The molecule has 1 aromatic heterocycles. The fourth-order valence-corrected chi connectivity index (χ4v) is 1.87. The van der Waals surface area contributed by atoms with E-state index in [1.165, 1.54) is 11.3 Å². The Bertz CT molecular complexity index is 386. The standard InChI is InChI=1S/C16H29N3/c1-7-15-8-14(11-17-10-12(2)3)9-16(18-15)19(6)13(4)5/h8-9,12-13,17H,7,10-11H2,1-6H3. The van der Waals surface area contributed by atoms with Crippen LogP contribution in [-0.2, 0) is 13.0 Å². The molecule has 1 N–H and O–H groups in total. The Hall–Kier alpha value is -1.09. The highest BCUT2D eigenvalue weighted by atomic mass is 15.2. The van der Waals surface area contributed by atoms with Crippen LogP contribution in [0.15, 0.2) is 12.1 Å². The van der Waals surface area contributed by atoms with Crippen molar-refractivity contribution in [3.63, 3.8) is 0 Å². The van der Waals surface area contributed by atoms with Gasteiger partial charge in [0, 0.05) is 25.3 Å². The first kappa shape index (κ1) is 16.0. The number of hydrogen-bond donors (Lipinski definition) is 1. The molecule has 0 bridgehead atoms. The molecule has 3 heteroatoms. The number of nitrogens with one attached hydrogen (secondary N) is 1. The molecule has 0 atom stereocenters. The monoisotopic (exact) mass is 263 g/mol. The molecule has 0 saturated heterocycles. The third-order valence-electron chi connectivity index (χ3n) is 3.30. The average Bonchev–Trinajstić information content (AvgIpc) is 2.36. The number of hydrogen-bond acceptors (Lipinski definition) is 3. The molecule has 0 aromatic carbocycles. The molecule has 0 radical (unpaired) electrons. The predicted molar refractivity (Wildman–Crippen MR) is 83.7 cm³/mol. The Morgan fingerprint density at radius 2 is 1.89 bits per heavy atom. The number of aromatic nitrogens is 1. The minimum Gasteiger partial charge on any atom is -0.357 e. The van der Waals surface area contributed by atoms with E-state index < -0.39 is 0 Å². The zero-order valence-electron chi connectivity index (χ0n) is 13.3. The lowest BCUT2D eigenvalue weighted by atomic mass is 10.1. The fraction of sp³-hybridized carbons (Fsp3) is 0.688. The minimum absolute atomic E-state index is 0.469. The van der Waals surface area contributed by atoms with Gasteiger partial charge in [-0.3, -0.25) is 0 Å². The van der Waals surface area contributed by atoms with E-state index in [-0.39, 0.29) is 0 Å². The van der Waals surface area contributed by atoms with Crippen LogP contribution in [-0.4, -0.2) is 24.6 Å². The smallest absolute Gasteiger partial charge is 0.129 e. The lowest BCUT2D eigenvalue weighted by Crippen LogP contribution is -2.27. The maximum Gasteiger partial charge on any atom is 0.129 e. The number of aryl methyl sites for hydroxylation is 1. The zero-order valence-corrected chi connectivity index (χ0v) is 13.3. The van der Waals surface area contributed by atoms with Gasteiger partial charge in [-0.05, 0) is 50.4 Å². The van der Waals surface area contributed by atoms with Gasteiger partial charge in [-0.2, -0.15) is 0 Å². The molecule has 1 heterocycles. The van der Waals surface area contributed by atoms with Crippen LogP contribution in [0.4, 0.5) is 5.82 Å². The molecule has 0 amide bonds. The summed E-state index contributed by atoms with van der Waals surface area (Å²) in [6.45, 7) is 13.0. The Morgan fingerprint density at radius 1 is 1.21 bits per heavy atom. The van der Waals surface area contributed by atoms with Crippen LogP contribution < -0.4 is 10.2 Å². The lowest BCUT2D eigenvalue weighted by Gasteiger charge is -2.24. The summed E-state index contributed by atoms with van der Waals surface area (Å²) in [6, 6.07) is 4.88. The van der Waals surface area contributed by atoms with Crippen LogP contribution in [0.25, 0.3) is 0 Å². The van der Waals surface area contributed by atoms with Crippen molar-refractivity contribution in [3.8, 4) is 0 Å². The zero-order chi connectivity index (χ0) is 14.4. The van der Waals surface area contributed by atoms with E-state index in [4.69, 9.17) is 4.98 Å². The van der Waals surface area contributed by atoms with Gasteiger partial charge in [0.2, 0.25) is 0 Å². The maximum absolute atomic E-state index is 4.71. The fourth-order valence-electron chi connectivity index (χ4n) is 1.87. The van der Waals surface area contributed by atoms with Crippen LogP contribution in [0.1, 0.15) is 45.9 Å². The van der Waals surface area contributed by atoms with Crippen molar-refractivity contribution in [3.05, 3.63) is 23.4 Å². The quantitative estimate of drug-likeness (QED) is 0.818. The van der Waals surface area contributed by atoms with E-state index in [0.717, 1.165) is 25.3 Å². The first-order valence-electron chi connectivity index (χ1n) is 7.37. The minimum atomic E-state index is 0.469. The van der Waals surface area contributed by atoms with Gasteiger partial charge < -0.3 is 10.2 Å². The molecule has 0 spiro atoms. The maximum atomic E-state index is 4.71. The van der Waals surface area contributed by atoms with Gasteiger partial charge in [-0.25, -0.2) is 4.98 Å². The molecule has 3 nitrogen and oxygen atoms in total. The van der Waals surface area contributed by atoms with Gasteiger partial charge in [-0.1, -0.05) is 20.8 Å². The highest BCUT2D eigenvalue weighted by Gasteiger charge is 2.09. The Balaban J connectivity index is 2.83. The molecule has 0 aliphatic heterocycles. The molecule has 0 saturated carbocycles. The van der Waals surface area contributed by atoms with Gasteiger partial charge in [0.25, 0.3) is 0 Å². The van der Waals surface area contributed by atoms with Gasteiger partial charge in [0.05, 0.1) is 0 Å². The molecule has 0 aliphatic carbocycles. The van der Waals surface area contributed by atoms with E-state index >= 15 is 0 Å². The molecule has 108 valence electrons. The van der Waals surface area contributed by atoms with E-state index in [1.54, 1.807) is 0 Å². The first-order valence-corrected chi connectivity index (χ1v) is 7.37. The summed E-state index contributed by atoms with van der Waals surface area (Å²) in [6.07, 6.45) is 0.983. The van der Waals surface area contributed by atoms with Crippen molar-refractivity contribution >= 4 is 5.82 Å². The largest absolute Gasteiger partial charge is 0.357 e. The SMILES string of the molecule is CCc1cc(CNCC(C)C)cc(N(C)C(C)C)n1. The first-order chi connectivity index (χ1) is 8.93. The van der Waals surface area contributed by atoms with Crippen molar-refractivity contribution in [1.82, 2.24) is 10.3 Å². The Kier molecular flexibility index (Phi) is 6.29. The normalized spacial score (nSPS) is 11.4. The van der Waals surface area contributed by atoms with Crippen molar-refractivity contribution < 1.29 is 0 Å². The van der Waals surface area contributed by atoms with E-state index in [0.29, 0.717) is 12.0 Å². The number of anilines is 1. The van der Waals surface area contributed by atoms with Crippen molar-refractivity contribution in [2.45, 2.75) is 53.6 Å². The summed E-state index contributed by atoms with van der Waals surface area (Å²) in [5, 5.41) is 3.50. The van der Waals surface area contributed by atoms with Gasteiger partial charge in [-0.15, -0.1) is 0 Å². The summed E-state index contributed by atoms with van der Waals surface area (Å²) in [5.74, 6) is 1.76. The van der Waals surface area contributed by atoms with Crippen molar-refractivity contribution in [1.29, 1.82) is 0 Å². The molecule has 0 aliphatic rings. The molecular weight excluding hydrogens is 234 g/mol. The van der Waals surface area contributed by atoms with E-state index in [2.05, 4.69) is 64.0 Å². The Labute approximate surface area is 118 Å². The van der Waals surface area contributed by atoms with Crippen LogP contribution in [0.5, 0.6) is 0 Å². The molecule has 1 rings (SSSR count). The number of nitrogens with zero attached hydrogens (tertiary/aromatic N) is 2. The summed E-state index contributed by atoms with van der Waals surface area (Å²) in [5.41, 5.74) is 2.50. The molecule has 0 fully saturated rings.